The summed E-state index contributed by atoms with van der Waals surface area (Å²) in [5.41, 5.74) is 17.9. The second kappa shape index (κ2) is 8.71. The van der Waals surface area contributed by atoms with Gasteiger partial charge >= 0.3 is 0 Å². The van der Waals surface area contributed by atoms with Gasteiger partial charge in [-0.2, -0.15) is 0 Å². The Kier molecular flexibility index (Phi) is 5.27. The van der Waals surface area contributed by atoms with Gasteiger partial charge in [-0.15, -0.1) is 0 Å². The molecule has 0 heteroatoms. The third kappa shape index (κ3) is 3.30. The summed E-state index contributed by atoms with van der Waals surface area (Å²) in [5.74, 6) is 0.205. The third-order valence-corrected chi connectivity index (χ3v) is 8.86. The smallest absolute Gasteiger partial charge is 0.0361 e. The molecule has 1 unspecified atom stereocenters. The van der Waals surface area contributed by atoms with Crippen LogP contribution in [0, 0.1) is 20.3 Å². The number of allylic oxidation sites excluding steroid dienone is 4. The fourth-order valence-electron chi connectivity index (χ4n) is 6.85. The molecule has 0 amide bonds. The average molecular weight is 488 g/mol. The lowest BCUT2D eigenvalue weighted by Crippen LogP contribution is -2.06. The Morgan fingerprint density at radius 1 is 0.526 bits per heavy atom. The normalized spacial score (nSPS) is 16.4. The number of fused-ring (bicyclic) bond motifs is 3. The molecule has 0 aliphatic heterocycles. The topological polar surface area (TPSA) is 0 Å². The molecule has 1 radical (unpaired) electrons. The van der Waals surface area contributed by atoms with E-state index in [9.17, 15) is 0 Å². The Morgan fingerprint density at radius 2 is 1.18 bits per heavy atom. The Morgan fingerprint density at radius 3 is 2.08 bits per heavy atom. The van der Waals surface area contributed by atoms with Crippen molar-refractivity contribution in [2.45, 2.75) is 33.6 Å². The minimum Gasteiger partial charge on any atom is -0.0619 e. The van der Waals surface area contributed by atoms with Gasteiger partial charge < -0.3 is 0 Å². The van der Waals surface area contributed by atoms with Crippen molar-refractivity contribution in [2.75, 3.05) is 0 Å². The fourth-order valence-corrected chi connectivity index (χ4v) is 6.85. The molecule has 0 saturated heterocycles. The molecule has 183 valence electrons. The zero-order chi connectivity index (χ0) is 26.0. The van der Waals surface area contributed by atoms with Crippen LogP contribution in [0.5, 0.6) is 0 Å². The van der Waals surface area contributed by atoms with Crippen molar-refractivity contribution >= 4 is 33.1 Å². The van der Waals surface area contributed by atoms with Crippen molar-refractivity contribution in [3.63, 3.8) is 0 Å². The van der Waals surface area contributed by atoms with E-state index in [-0.39, 0.29) is 5.92 Å². The van der Waals surface area contributed by atoms with Gasteiger partial charge in [0.05, 0.1) is 0 Å². The maximum absolute atomic E-state index is 2.41. The monoisotopic (exact) mass is 487 g/mol. The van der Waals surface area contributed by atoms with Crippen molar-refractivity contribution in [3.05, 3.63) is 160 Å². The van der Waals surface area contributed by atoms with Crippen LogP contribution in [0.25, 0.3) is 33.1 Å². The largest absolute Gasteiger partial charge is 0.0619 e. The summed E-state index contributed by atoms with van der Waals surface area (Å²) in [7, 11) is 0. The van der Waals surface area contributed by atoms with Crippen LogP contribution in [-0.4, -0.2) is 0 Å². The highest BCUT2D eigenvalue weighted by atomic mass is 14.4. The van der Waals surface area contributed by atoms with E-state index < -0.39 is 0 Å². The highest BCUT2D eigenvalue weighted by Gasteiger charge is 2.35. The molecule has 0 fully saturated rings. The molecule has 0 bridgehead atoms. The molecule has 1 atom stereocenters. The van der Waals surface area contributed by atoms with E-state index >= 15 is 0 Å². The molecule has 5 aromatic carbocycles. The molecule has 7 rings (SSSR count). The second-order valence-electron chi connectivity index (χ2n) is 10.8. The van der Waals surface area contributed by atoms with Gasteiger partial charge in [0.25, 0.3) is 0 Å². The molecule has 0 spiro atoms. The van der Waals surface area contributed by atoms with E-state index in [1.54, 1.807) is 0 Å². The Labute approximate surface area is 226 Å². The summed E-state index contributed by atoms with van der Waals surface area (Å²) in [6.45, 7) is 9.13. The van der Waals surface area contributed by atoms with Crippen molar-refractivity contribution < 1.29 is 0 Å². The minimum absolute atomic E-state index is 0.205. The lowest BCUT2D eigenvalue weighted by Gasteiger charge is -2.23. The van der Waals surface area contributed by atoms with Crippen LogP contribution in [0.1, 0.15) is 69.8 Å². The van der Waals surface area contributed by atoms with Crippen LogP contribution in [0.15, 0.2) is 103 Å². The van der Waals surface area contributed by atoms with Gasteiger partial charge in [-0.3, -0.25) is 0 Å². The van der Waals surface area contributed by atoms with Gasteiger partial charge in [-0.05, 0) is 111 Å². The standard InChI is InChI=1S/C38H31/c1-23-12-9-19-30(24(23)2)37-25(3)29-16-7-8-18-33(29)38(37)34-21-11-15-28-22-35(26(4)36(28)34)32-20-10-14-27-13-5-6-17-31(27)32/h5-22,38H,1-4H3. The van der Waals surface area contributed by atoms with E-state index in [0.29, 0.717) is 0 Å². The molecule has 38 heavy (non-hydrogen) atoms. The van der Waals surface area contributed by atoms with Crippen molar-refractivity contribution in [2.24, 2.45) is 0 Å². The summed E-state index contributed by atoms with van der Waals surface area (Å²) in [5, 5.41) is 2.60. The summed E-state index contributed by atoms with van der Waals surface area (Å²) in [6, 6.07) is 38.1. The lowest BCUT2D eigenvalue weighted by molar-refractivity contribution is 1.05. The summed E-state index contributed by atoms with van der Waals surface area (Å²) in [4.78, 5) is 0. The van der Waals surface area contributed by atoms with Crippen LogP contribution >= 0.6 is 0 Å². The Hall–Kier alpha value is -4.16. The Balaban J connectivity index is 1.47. The van der Waals surface area contributed by atoms with Crippen LogP contribution < -0.4 is 0 Å². The molecule has 0 heterocycles. The van der Waals surface area contributed by atoms with Crippen molar-refractivity contribution in [3.8, 4) is 0 Å². The lowest BCUT2D eigenvalue weighted by atomic mass is 9.79. The maximum Gasteiger partial charge on any atom is 0.0361 e. The summed E-state index contributed by atoms with van der Waals surface area (Å²) in [6.07, 6.45) is 2.41. The van der Waals surface area contributed by atoms with Gasteiger partial charge in [0.2, 0.25) is 0 Å². The van der Waals surface area contributed by atoms with Crippen molar-refractivity contribution in [1.29, 1.82) is 0 Å². The van der Waals surface area contributed by atoms with Crippen LogP contribution in [-0.2, 0) is 0 Å². The third-order valence-electron chi connectivity index (χ3n) is 8.86. The molecular weight excluding hydrogens is 456 g/mol. The zero-order valence-corrected chi connectivity index (χ0v) is 22.5. The molecule has 5 aromatic rings. The van der Waals surface area contributed by atoms with Crippen LogP contribution in [0.3, 0.4) is 0 Å². The first-order chi connectivity index (χ1) is 18.5. The number of hydrogen-bond acceptors (Lipinski definition) is 0. The molecule has 2 aliphatic rings. The molecule has 2 aliphatic carbocycles. The van der Waals surface area contributed by atoms with Gasteiger partial charge in [-0.1, -0.05) is 103 Å². The first kappa shape index (κ1) is 23.0. The predicted octanol–water partition coefficient (Wildman–Crippen LogP) is 10.0. The molecule has 0 nitrogen and oxygen atoms in total. The fraction of sp³-hybridized carbons (Fsp3) is 0.132. The van der Waals surface area contributed by atoms with Crippen LogP contribution in [0.4, 0.5) is 0 Å². The predicted molar refractivity (Wildman–Crippen MR) is 163 cm³/mol. The maximum atomic E-state index is 2.41. The number of aryl methyl sites for hydroxylation is 1. The van der Waals surface area contributed by atoms with Gasteiger partial charge in [0.15, 0.2) is 0 Å². The minimum atomic E-state index is 0.205. The Bertz CT molecular complexity index is 1820. The van der Waals surface area contributed by atoms with Crippen molar-refractivity contribution in [1.82, 2.24) is 0 Å². The molecule has 0 N–H and O–H groups in total. The van der Waals surface area contributed by atoms with E-state index in [2.05, 4.69) is 137 Å². The highest BCUT2D eigenvalue weighted by molar-refractivity contribution is 6.09. The van der Waals surface area contributed by atoms with E-state index in [0.717, 1.165) is 0 Å². The zero-order valence-electron chi connectivity index (χ0n) is 22.5. The highest BCUT2D eigenvalue weighted by Crippen LogP contribution is 2.54. The van der Waals surface area contributed by atoms with Gasteiger partial charge in [0, 0.05) is 12.3 Å². The van der Waals surface area contributed by atoms with E-state index in [1.807, 2.05) is 0 Å². The number of hydrogen-bond donors (Lipinski definition) is 0. The quantitative estimate of drug-likeness (QED) is 0.237. The van der Waals surface area contributed by atoms with Gasteiger partial charge in [-0.25, -0.2) is 0 Å². The number of benzene rings is 5. The first-order valence-corrected chi connectivity index (χ1v) is 13.6. The SMILES string of the molecule is CC1=C(c2cccc(C)c2C)C(c2cccc3c2C(C)=C(c2cccc4ccccc24)[CH]3)c2ccccc21. The molecule has 0 saturated carbocycles. The molecule has 0 aromatic heterocycles. The van der Waals surface area contributed by atoms with E-state index in [4.69, 9.17) is 0 Å². The summed E-state index contributed by atoms with van der Waals surface area (Å²) >= 11 is 0. The number of rotatable bonds is 3. The van der Waals surface area contributed by atoms with E-state index in [1.165, 1.54) is 83.1 Å². The first-order valence-electron chi connectivity index (χ1n) is 13.6. The summed E-state index contributed by atoms with van der Waals surface area (Å²) < 4.78 is 0. The average Bonchev–Trinajstić information content (AvgIpc) is 3.44. The second-order valence-corrected chi connectivity index (χ2v) is 10.8. The van der Waals surface area contributed by atoms with Gasteiger partial charge in [0.1, 0.15) is 0 Å². The van der Waals surface area contributed by atoms with Crippen LogP contribution in [0.2, 0.25) is 0 Å². The molecular formula is C38H31.